The summed E-state index contributed by atoms with van der Waals surface area (Å²) in [7, 11) is 2.12. The standard InChI is InChI=1S/C10H21NO/c1-8(2)7-11(3)9-5-4-6-10(9)12/h8-10,12H,4-7H2,1-3H3/t9-,10-/m1/s1. The highest BCUT2D eigenvalue weighted by Gasteiger charge is 2.28. The van der Waals surface area contributed by atoms with Gasteiger partial charge in [0.05, 0.1) is 6.10 Å². The van der Waals surface area contributed by atoms with Crippen molar-refractivity contribution in [2.75, 3.05) is 13.6 Å². The van der Waals surface area contributed by atoms with Gasteiger partial charge in [0, 0.05) is 12.6 Å². The van der Waals surface area contributed by atoms with E-state index in [1.54, 1.807) is 0 Å². The first kappa shape index (κ1) is 10.0. The van der Waals surface area contributed by atoms with Crippen molar-refractivity contribution in [1.82, 2.24) is 4.90 Å². The van der Waals surface area contributed by atoms with Crippen LogP contribution in [0.15, 0.2) is 0 Å². The van der Waals surface area contributed by atoms with E-state index in [1.165, 1.54) is 12.8 Å². The lowest BCUT2D eigenvalue weighted by Gasteiger charge is -2.28. The van der Waals surface area contributed by atoms with E-state index in [2.05, 4.69) is 25.8 Å². The van der Waals surface area contributed by atoms with Crippen molar-refractivity contribution in [3.8, 4) is 0 Å². The van der Waals surface area contributed by atoms with Crippen LogP contribution in [0.2, 0.25) is 0 Å². The maximum atomic E-state index is 9.63. The van der Waals surface area contributed by atoms with Crippen molar-refractivity contribution in [3.63, 3.8) is 0 Å². The molecule has 1 aliphatic rings. The van der Waals surface area contributed by atoms with Gasteiger partial charge in [-0.2, -0.15) is 0 Å². The number of aliphatic hydroxyl groups is 1. The zero-order chi connectivity index (χ0) is 9.14. The molecular formula is C10H21NO. The molecule has 0 aromatic heterocycles. The van der Waals surface area contributed by atoms with Crippen molar-refractivity contribution in [2.45, 2.75) is 45.3 Å². The van der Waals surface area contributed by atoms with Crippen molar-refractivity contribution in [2.24, 2.45) is 5.92 Å². The van der Waals surface area contributed by atoms with Gasteiger partial charge in [0.2, 0.25) is 0 Å². The summed E-state index contributed by atoms with van der Waals surface area (Å²) in [5.74, 6) is 0.697. The Kier molecular flexibility index (Phi) is 3.53. The third kappa shape index (κ3) is 2.46. The van der Waals surface area contributed by atoms with E-state index < -0.39 is 0 Å². The Hall–Kier alpha value is -0.0800. The molecule has 2 atom stereocenters. The highest BCUT2D eigenvalue weighted by Crippen LogP contribution is 2.23. The quantitative estimate of drug-likeness (QED) is 0.695. The van der Waals surface area contributed by atoms with Crippen LogP contribution in [-0.2, 0) is 0 Å². The first-order valence-corrected chi connectivity index (χ1v) is 4.99. The molecule has 0 aliphatic heterocycles. The van der Waals surface area contributed by atoms with E-state index >= 15 is 0 Å². The summed E-state index contributed by atoms with van der Waals surface area (Å²) in [6.45, 7) is 5.54. The molecule has 1 N–H and O–H groups in total. The second kappa shape index (κ2) is 4.24. The number of rotatable bonds is 3. The average molecular weight is 171 g/mol. The molecule has 1 saturated carbocycles. The first-order valence-electron chi connectivity index (χ1n) is 4.99. The van der Waals surface area contributed by atoms with Crippen LogP contribution in [-0.4, -0.2) is 35.7 Å². The largest absolute Gasteiger partial charge is 0.391 e. The molecule has 0 aromatic rings. The van der Waals surface area contributed by atoms with Crippen molar-refractivity contribution < 1.29 is 5.11 Å². The Morgan fingerprint density at radius 3 is 2.50 bits per heavy atom. The Morgan fingerprint density at radius 2 is 2.08 bits per heavy atom. The molecule has 1 rings (SSSR count). The SMILES string of the molecule is CC(C)CN(C)[C@@H]1CCC[C@H]1O. The monoisotopic (exact) mass is 171 g/mol. The van der Waals surface area contributed by atoms with Crippen LogP contribution in [0.5, 0.6) is 0 Å². The minimum atomic E-state index is -0.0752. The third-order valence-corrected chi connectivity index (χ3v) is 2.66. The predicted molar refractivity (Wildman–Crippen MR) is 51.1 cm³/mol. The first-order chi connectivity index (χ1) is 5.61. The summed E-state index contributed by atoms with van der Waals surface area (Å²) in [6, 6.07) is 0.424. The van der Waals surface area contributed by atoms with E-state index in [1.807, 2.05) is 0 Å². The fourth-order valence-electron chi connectivity index (χ4n) is 2.15. The minimum Gasteiger partial charge on any atom is -0.391 e. The van der Waals surface area contributed by atoms with E-state index in [9.17, 15) is 5.11 Å². The van der Waals surface area contributed by atoms with Crippen LogP contribution >= 0.6 is 0 Å². The smallest absolute Gasteiger partial charge is 0.0695 e. The second-order valence-corrected chi connectivity index (χ2v) is 4.40. The molecule has 0 bridgehead atoms. The highest BCUT2D eigenvalue weighted by molar-refractivity contribution is 4.83. The van der Waals surface area contributed by atoms with Gasteiger partial charge in [0.25, 0.3) is 0 Å². The van der Waals surface area contributed by atoms with Gasteiger partial charge in [-0.3, -0.25) is 0 Å². The van der Waals surface area contributed by atoms with E-state index in [4.69, 9.17) is 0 Å². The Bertz CT molecular complexity index is 136. The van der Waals surface area contributed by atoms with Gasteiger partial charge < -0.3 is 10.0 Å². The zero-order valence-corrected chi connectivity index (χ0v) is 8.45. The summed E-state index contributed by atoms with van der Waals surface area (Å²) in [5, 5.41) is 9.63. The molecule has 1 fully saturated rings. The molecule has 1 aliphatic carbocycles. The maximum Gasteiger partial charge on any atom is 0.0695 e. The summed E-state index contributed by atoms with van der Waals surface area (Å²) in [4.78, 5) is 2.31. The fraction of sp³-hybridized carbons (Fsp3) is 1.00. The van der Waals surface area contributed by atoms with E-state index in [0.29, 0.717) is 12.0 Å². The van der Waals surface area contributed by atoms with Crippen LogP contribution in [0.4, 0.5) is 0 Å². The van der Waals surface area contributed by atoms with Gasteiger partial charge in [-0.15, -0.1) is 0 Å². The number of hydrogen-bond donors (Lipinski definition) is 1. The zero-order valence-electron chi connectivity index (χ0n) is 8.45. The van der Waals surface area contributed by atoms with Gasteiger partial charge in [0.15, 0.2) is 0 Å². The lowest BCUT2D eigenvalue weighted by molar-refractivity contribution is 0.0801. The molecule has 0 heterocycles. The van der Waals surface area contributed by atoms with Crippen molar-refractivity contribution in [3.05, 3.63) is 0 Å². The summed E-state index contributed by atoms with van der Waals surface area (Å²) >= 11 is 0. The Morgan fingerprint density at radius 1 is 1.42 bits per heavy atom. The van der Waals surface area contributed by atoms with Crippen LogP contribution in [0, 0.1) is 5.92 Å². The maximum absolute atomic E-state index is 9.63. The number of nitrogens with zero attached hydrogens (tertiary/aromatic N) is 1. The molecule has 0 amide bonds. The van der Waals surface area contributed by atoms with Crippen LogP contribution in [0.1, 0.15) is 33.1 Å². The van der Waals surface area contributed by atoms with Crippen LogP contribution < -0.4 is 0 Å². The van der Waals surface area contributed by atoms with Gasteiger partial charge >= 0.3 is 0 Å². The number of likely N-dealkylation sites (N-methyl/N-ethyl adjacent to an activating group) is 1. The highest BCUT2D eigenvalue weighted by atomic mass is 16.3. The molecule has 0 spiro atoms. The minimum absolute atomic E-state index is 0.0752. The summed E-state index contributed by atoms with van der Waals surface area (Å²) in [6.07, 6.45) is 3.28. The van der Waals surface area contributed by atoms with Gasteiger partial charge in [0.1, 0.15) is 0 Å². The normalized spacial score (nSPS) is 30.5. The fourth-order valence-corrected chi connectivity index (χ4v) is 2.15. The molecule has 72 valence electrons. The number of hydrogen-bond acceptors (Lipinski definition) is 2. The molecule has 0 saturated heterocycles. The molecule has 12 heavy (non-hydrogen) atoms. The Balaban J connectivity index is 2.35. The lowest BCUT2D eigenvalue weighted by Crippen LogP contribution is -2.39. The topological polar surface area (TPSA) is 23.5 Å². The van der Waals surface area contributed by atoms with E-state index in [0.717, 1.165) is 13.0 Å². The number of aliphatic hydroxyl groups excluding tert-OH is 1. The second-order valence-electron chi connectivity index (χ2n) is 4.40. The molecule has 2 heteroatoms. The lowest BCUT2D eigenvalue weighted by atomic mass is 10.1. The Labute approximate surface area is 75.6 Å². The van der Waals surface area contributed by atoms with Crippen LogP contribution in [0.25, 0.3) is 0 Å². The van der Waals surface area contributed by atoms with Crippen molar-refractivity contribution in [1.29, 1.82) is 0 Å². The van der Waals surface area contributed by atoms with Gasteiger partial charge in [-0.1, -0.05) is 13.8 Å². The molecule has 0 aromatic carbocycles. The van der Waals surface area contributed by atoms with Gasteiger partial charge in [-0.05, 0) is 32.2 Å². The van der Waals surface area contributed by atoms with Crippen molar-refractivity contribution >= 4 is 0 Å². The predicted octanol–water partition coefficient (Wildman–Crippen LogP) is 1.49. The van der Waals surface area contributed by atoms with Gasteiger partial charge in [-0.25, -0.2) is 0 Å². The van der Waals surface area contributed by atoms with Crippen LogP contribution in [0.3, 0.4) is 0 Å². The summed E-state index contributed by atoms with van der Waals surface area (Å²) in [5.41, 5.74) is 0. The molecular weight excluding hydrogens is 150 g/mol. The average Bonchev–Trinajstić information content (AvgIpc) is 2.33. The molecule has 0 unspecified atom stereocenters. The molecule has 0 radical (unpaired) electrons. The summed E-state index contributed by atoms with van der Waals surface area (Å²) < 4.78 is 0. The molecule has 2 nitrogen and oxygen atoms in total. The third-order valence-electron chi connectivity index (χ3n) is 2.66. The van der Waals surface area contributed by atoms with E-state index in [-0.39, 0.29) is 6.10 Å².